The molecule has 10 atom stereocenters. The fourth-order valence-corrected chi connectivity index (χ4v) is 10.3. The number of ether oxygens (including phenoxy) is 1. The third-order valence-electron chi connectivity index (χ3n) is 12.2. The number of carbonyl (C=O) groups is 3. The predicted molar refractivity (Wildman–Crippen MR) is 159 cm³/mol. The summed E-state index contributed by atoms with van der Waals surface area (Å²) in [6.07, 6.45) is 13.7. The van der Waals surface area contributed by atoms with Gasteiger partial charge in [-0.05, 0) is 117 Å². The summed E-state index contributed by atoms with van der Waals surface area (Å²) in [5.41, 5.74) is 0.646. The number of fused-ring (bicyclic) bond motifs is 5. The van der Waals surface area contributed by atoms with Crippen LogP contribution in [-0.2, 0) is 29.1 Å². The van der Waals surface area contributed by atoms with Crippen LogP contribution in [0.3, 0.4) is 0 Å². The zero-order valence-electron chi connectivity index (χ0n) is 26.2. The van der Waals surface area contributed by atoms with E-state index < -0.39 is 15.9 Å². The Morgan fingerprint density at radius 2 is 1.61 bits per heavy atom. The Balaban J connectivity index is 1.31. The first kappa shape index (κ1) is 32.3. The van der Waals surface area contributed by atoms with Crippen LogP contribution in [0.2, 0.25) is 0 Å². The second-order valence-electron chi connectivity index (χ2n) is 14.6. The summed E-state index contributed by atoms with van der Waals surface area (Å²) in [6, 6.07) is 0. The largest absolute Gasteiger partial charge is 0.462 e. The number of hydrogen-bond donors (Lipinski definition) is 2. The van der Waals surface area contributed by atoms with E-state index in [1.165, 1.54) is 38.5 Å². The molecule has 4 rings (SSSR count). The number of hydrogen-bond acceptors (Lipinski definition) is 6. The van der Waals surface area contributed by atoms with Crippen molar-refractivity contribution in [2.75, 3.05) is 12.8 Å². The highest BCUT2D eigenvalue weighted by Gasteiger charge is 2.60. The second-order valence-corrected chi connectivity index (χ2v) is 16.4. The van der Waals surface area contributed by atoms with Gasteiger partial charge in [0.05, 0.1) is 18.7 Å². The molecular formula is C32H54N2O6S. The first-order chi connectivity index (χ1) is 19.2. The summed E-state index contributed by atoms with van der Waals surface area (Å²) in [5.74, 6) is 2.94. The number of carbonyl (C=O) groups excluding carboxylic acids is 3. The summed E-state index contributed by atoms with van der Waals surface area (Å²) in [7, 11) is -3.63. The van der Waals surface area contributed by atoms with Crippen molar-refractivity contribution in [1.82, 2.24) is 10.0 Å². The molecule has 2 amide bonds. The molecule has 0 heterocycles. The maximum Gasteiger partial charge on any atom is 0.308 e. The van der Waals surface area contributed by atoms with Crippen molar-refractivity contribution < 1.29 is 27.5 Å². The minimum Gasteiger partial charge on any atom is -0.462 e. The second kappa shape index (κ2) is 12.5. The highest BCUT2D eigenvalue weighted by Crippen LogP contribution is 2.68. The molecular weight excluding hydrogens is 540 g/mol. The van der Waals surface area contributed by atoms with E-state index in [1.807, 2.05) is 18.6 Å². The molecule has 0 bridgehead atoms. The summed E-state index contributed by atoms with van der Waals surface area (Å²) >= 11 is 0. The number of amides is 2. The Labute approximate surface area is 247 Å². The van der Waals surface area contributed by atoms with E-state index in [0.717, 1.165) is 56.1 Å². The molecule has 0 aromatic heterocycles. The zero-order chi connectivity index (χ0) is 30.2. The Bertz CT molecular complexity index is 1090. The SMILES string of the molecule is CCC(C)C(=O)OC1CC[C@@]2(C)C(CCC3C4CCC(C(C)CCC(=O)NCC(=O)NS(C)(=O)=O)[C@@]4(C)CCC32)C1. The van der Waals surface area contributed by atoms with Gasteiger partial charge in [0.25, 0.3) is 5.91 Å². The van der Waals surface area contributed by atoms with Gasteiger partial charge < -0.3 is 10.1 Å². The van der Waals surface area contributed by atoms with Gasteiger partial charge in [0.15, 0.2) is 0 Å². The fourth-order valence-electron chi connectivity index (χ4n) is 9.82. The fraction of sp³-hybridized carbons (Fsp3) is 0.906. The van der Waals surface area contributed by atoms with Crippen LogP contribution < -0.4 is 10.0 Å². The molecule has 0 aromatic rings. The van der Waals surface area contributed by atoms with Crippen LogP contribution in [0.25, 0.3) is 0 Å². The van der Waals surface area contributed by atoms with Crippen molar-refractivity contribution >= 4 is 27.8 Å². The Kier molecular flexibility index (Phi) is 9.87. The van der Waals surface area contributed by atoms with E-state index in [1.54, 1.807) is 0 Å². The van der Waals surface area contributed by atoms with E-state index in [4.69, 9.17) is 4.74 Å². The van der Waals surface area contributed by atoms with Gasteiger partial charge in [0, 0.05) is 6.42 Å². The van der Waals surface area contributed by atoms with Crippen LogP contribution in [0, 0.1) is 52.3 Å². The number of sulfonamides is 1. The maximum absolute atomic E-state index is 12.5. The van der Waals surface area contributed by atoms with Gasteiger partial charge in [-0.25, -0.2) is 8.42 Å². The lowest BCUT2D eigenvalue weighted by atomic mass is 9.44. The third-order valence-corrected chi connectivity index (χ3v) is 12.8. The first-order valence-corrected chi connectivity index (χ1v) is 18.0. The molecule has 8 unspecified atom stereocenters. The van der Waals surface area contributed by atoms with Gasteiger partial charge in [-0.2, -0.15) is 0 Å². The lowest BCUT2D eigenvalue weighted by Gasteiger charge is -2.61. The van der Waals surface area contributed by atoms with Gasteiger partial charge in [-0.3, -0.25) is 19.1 Å². The lowest BCUT2D eigenvalue weighted by Crippen LogP contribution is -2.54. The molecule has 8 nitrogen and oxygen atoms in total. The highest BCUT2D eigenvalue weighted by atomic mass is 32.2. The Morgan fingerprint density at radius 1 is 0.927 bits per heavy atom. The average Bonchev–Trinajstić information content (AvgIpc) is 3.26. The molecule has 0 radical (unpaired) electrons. The predicted octanol–water partition coefficient (Wildman–Crippen LogP) is 5.21. The lowest BCUT2D eigenvalue weighted by molar-refractivity contribution is -0.166. The summed E-state index contributed by atoms with van der Waals surface area (Å²) < 4.78 is 30.2. The van der Waals surface area contributed by atoms with Crippen molar-refractivity contribution in [3.05, 3.63) is 0 Å². The van der Waals surface area contributed by atoms with Crippen LogP contribution in [0.5, 0.6) is 0 Å². The number of nitrogens with one attached hydrogen (secondary N) is 2. The molecule has 234 valence electrons. The van der Waals surface area contributed by atoms with Crippen molar-refractivity contribution in [1.29, 1.82) is 0 Å². The van der Waals surface area contributed by atoms with E-state index in [9.17, 15) is 22.8 Å². The van der Waals surface area contributed by atoms with E-state index >= 15 is 0 Å². The molecule has 0 aliphatic heterocycles. The first-order valence-electron chi connectivity index (χ1n) is 16.2. The molecule has 4 saturated carbocycles. The Morgan fingerprint density at radius 3 is 2.29 bits per heavy atom. The van der Waals surface area contributed by atoms with E-state index in [-0.39, 0.29) is 30.4 Å². The number of rotatable bonds is 10. The third kappa shape index (κ3) is 6.96. The van der Waals surface area contributed by atoms with Crippen molar-refractivity contribution in [3.63, 3.8) is 0 Å². The topological polar surface area (TPSA) is 119 Å². The summed E-state index contributed by atoms with van der Waals surface area (Å²) in [5, 5.41) is 2.56. The molecule has 41 heavy (non-hydrogen) atoms. The van der Waals surface area contributed by atoms with Crippen molar-refractivity contribution in [2.24, 2.45) is 52.3 Å². The molecule has 0 spiro atoms. The van der Waals surface area contributed by atoms with Crippen LogP contribution in [0.15, 0.2) is 0 Å². The van der Waals surface area contributed by atoms with E-state index in [0.29, 0.717) is 35.0 Å². The summed E-state index contributed by atoms with van der Waals surface area (Å²) in [6.45, 7) is 11.0. The monoisotopic (exact) mass is 594 g/mol. The number of esters is 1. The van der Waals surface area contributed by atoms with Gasteiger partial charge in [-0.15, -0.1) is 0 Å². The minimum absolute atomic E-state index is 0.0180. The average molecular weight is 595 g/mol. The maximum atomic E-state index is 12.5. The molecule has 0 saturated heterocycles. The van der Waals surface area contributed by atoms with Crippen molar-refractivity contribution in [2.45, 2.75) is 118 Å². The standard InChI is InChI=1S/C32H54N2O6S/c1-7-20(2)30(37)40-23-14-16-31(4)22(18-23)9-10-24-26-12-11-25(32(26,5)17-15-27(24)31)21(3)8-13-28(35)33-19-29(36)34-41(6,38)39/h20-27H,7-19H2,1-6H3,(H,33,35)(H,34,36)/t20?,21?,22?,23?,24?,25?,26?,27?,31-,32+/m0/s1. The van der Waals surface area contributed by atoms with Crippen LogP contribution in [0.1, 0.15) is 112 Å². The van der Waals surface area contributed by atoms with Gasteiger partial charge in [0.2, 0.25) is 15.9 Å². The summed E-state index contributed by atoms with van der Waals surface area (Å²) in [4.78, 5) is 36.6. The zero-order valence-corrected chi connectivity index (χ0v) is 27.0. The van der Waals surface area contributed by atoms with E-state index in [2.05, 4.69) is 26.1 Å². The van der Waals surface area contributed by atoms with Crippen LogP contribution in [0.4, 0.5) is 0 Å². The van der Waals surface area contributed by atoms with Gasteiger partial charge in [-0.1, -0.05) is 34.6 Å². The quantitative estimate of drug-likeness (QED) is 0.335. The normalized spacial score (nSPS) is 38.0. The molecule has 0 aromatic carbocycles. The minimum atomic E-state index is -3.63. The smallest absolute Gasteiger partial charge is 0.308 e. The Hall–Kier alpha value is -1.64. The van der Waals surface area contributed by atoms with Gasteiger partial charge >= 0.3 is 5.97 Å². The van der Waals surface area contributed by atoms with Crippen LogP contribution in [-0.4, -0.2) is 45.1 Å². The molecule has 4 aliphatic rings. The van der Waals surface area contributed by atoms with Crippen LogP contribution >= 0.6 is 0 Å². The highest BCUT2D eigenvalue weighted by molar-refractivity contribution is 7.89. The molecule has 9 heteroatoms. The molecule has 2 N–H and O–H groups in total. The molecule has 4 aliphatic carbocycles. The van der Waals surface area contributed by atoms with Gasteiger partial charge in [0.1, 0.15) is 6.10 Å². The van der Waals surface area contributed by atoms with Crippen molar-refractivity contribution in [3.8, 4) is 0 Å². The molecule has 4 fully saturated rings.